The lowest BCUT2D eigenvalue weighted by Gasteiger charge is -1.97. The third-order valence-electron chi connectivity index (χ3n) is 2.57. The van der Waals surface area contributed by atoms with Crippen molar-refractivity contribution >= 4 is 29.0 Å². The molecule has 0 bridgehead atoms. The molecule has 0 amide bonds. The molecule has 0 fully saturated rings. The molecular weight excluding hydrogens is 250 g/mol. The lowest BCUT2D eigenvalue weighted by atomic mass is 10.1. The van der Waals surface area contributed by atoms with E-state index in [4.69, 9.17) is 16.3 Å². The van der Waals surface area contributed by atoms with Gasteiger partial charge in [-0.1, -0.05) is 29.8 Å². The fraction of sp³-hybridized carbons (Fsp3) is 0. The van der Waals surface area contributed by atoms with E-state index in [1.54, 1.807) is 30.3 Å². The molecule has 0 N–H and O–H groups in total. The SMILES string of the molecule is O=C1C(=Nc2ccccc2)Oc2ccc(Cl)cc21. The Morgan fingerprint density at radius 3 is 2.61 bits per heavy atom. The molecule has 0 radical (unpaired) electrons. The van der Waals surface area contributed by atoms with E-state index in [0.29, 0.717) is 22.0 Å². The van der Waals surface area contributed by atoms with Gasteiger partial charge < -0.3 is 4.74 Å². The van der Waals surface area contributed by atoms with Crippen molar-refractivity contribution in [2.24, 2.45) is 4.99 Å². The number of hydrogen-bond acceptors (Lipinski definition) is 3. The van der Waals surface area contributed by atoms with E-state index in [1.807, 2.05) is 18.2 Å². The highest BCUT2D eigenvalue weighted by molar-refractivity contribution is 6.47. The number of fused-ring (bicyclic) bond motifs is 1. The number of benzene rings is 2. The highest BCUT2D eigenvalue weighted by atomic mass is 35.5. The Balaban J connectivity index is 2.00. The Morgan fingerprint density at radius 2 is 1.83 bits per heavy atom. The average Bonchev–Trinajstić information content (AvgIpc) is 2.68. The smallest absolute Gasteiger partial charge is 0.269 e. The normalized spacial score (nSPS) is 15.6. The molecule has 0 aromatic heterocycles. The topological polar surface area (TPSA) is 38.7 Å². The van der Waals surface area contributed by atoms with Crippen LogP contribution in [0.5, 0.6) is 5.75 Å². The molecule has 18 heavy (non-hydrogen) atoms. The molecule has 0 saturated heterocycles. The van der Waals surface area contributed by atoms with Crippen LogP contribution in [0.15, 0.2) is 53.5 Å². The molecule has 1 heterocycles. The first kappa shape index (κ1) is 11.0. The van der Waals surface area contributed by atoms with Crippen LogP contribution in [0.4, 0.5) is 5.69 Å². The summed E-state index contributed by atoms with van der Waals surface area (Å²) in [6.45, 7) is 0. The summed E-state index contributed by atoms with van der Waals surface area (Å²) in [5.74, 6) is 0.342. The van der Waals surface area contributed by atoms with E-state index in [9.17, 15) is 4.79 Å². The van der Waals surface area contributed by atoms with Crippen molar-refractivity contribution < 1.29 is 9.53 Å². The van der Waals surface area contributed by atoms with Crippen LogP contribution in [-0.4, -0.2) is 11.7 Å². The number of Topliss-reactive ketones (excluding diaryl/α,β-unsaturated/α-hetero) is 1. The number of nitrogens with zero attached hydrogens (tertiary/aromatic N) is 1. The lowest BCUT2D eigenvalue weighted by molar-refractivity contribution is 0.106. The summed E-state index contributed by atoms with van der Waals surface area (Å²) in [4.78, 5) is 16.2. The molecule has 0 aliphatic carbocycles. The zero-order chi connectivity index (χ0) is 12.5. The van der Waals surface area contributed by atoms with E-state index in [0.717, 1.165) is 0 Å². The van der Waals surface area contributed by atoms with Crippen molar-refractivity contribution in [3.63, 3.8) is 0 Å². The highest BCUT2D eigenvalue weighted by Crippen LogP contribution is 2.30. The second kappa shape index (κ2) is 4.27. The van der Waals surface area contributed by atoms with Gasteiger partial charge in [0.25, 0.3) is 11.7 Å². The Kier molecular flexibility index (Phi) is 2.61. The summed E-state index contributed by atoms with van der Waals surface area (Å²) in [7, 11) is 0. The first-order valence-corrected chi connectivity index (χ1v) is 5.78. The summed E-state index contributed by atoms with van der Waals surface area (Å²) in [5, 5.41) is 0.506. The molecule has 0 saturated carbocycles. The molecule has 1 aliphatic rings. The van der Waals surface area contributed by atoms with Crippen molar-refractivity contribution in [1.82, 2.24) is 0 Å². The molecule has 0 unspecified atom stereocenters. The summed E-state index contributed by atoms with van der Waals surface area (Å²) in [6.07, 6.45) is 0. The predicted octanol–water partition coefficient (Wildman–Crippen LogP) is 3.65. The first-order chi connectivity index (χ1) is 8.74. The van der Waals surface area contributed by atoms with Gasteiger partial charge in [-0.3, -0.25) is 4.79 Å². The minimum Gasteiger partial charge on any atom is -0.435 e. The zero-order valence-electron chi connectivity index (χ0n) is 9.26. The summed E-state index contributed by atoms with van der Waals surface area (Å²) in [5.41, 5.74) is 1.14. The Morgan fingerprint density at radius 1 is 1.06 bits per heavy atom. The van der Waals surface area contributed by atoms with Gasteiger partial charge in [0, 0.05) is 5.02 Å². The fourth-order valence-corrected chi connectivity index (χ4v) is 1.90. The largest absolute Gasteiger partial charge is 0.435 e. The molecule has 3 nitrogen and oxygen atoms in total. The van der Waals surface area contributed by atoms with Crippen LogP contribution in [0.1, 0.15) is 10.4 Å². The van der Waals surface area contributed by atoms with Crippen molar-refractivity contribution in [2.75, 3.05) is 0 Å². The minimum absolute atomic E-state index is 0.0819. The van der Waals surface area contributed by atoms with Gasteiger partial charge in [-0.05, 0) is 30.3 Å². The molecule has 0 spiro atoms. The number of carbonyl (C=O) groups excluding carboxylic acids is 1. The van der Waals surface area contributed by atoms with E-state index >= 15 is 0 Å². The van der Waals surface area contributed by atoms with E-state index in [-0.39, 0.29) is 11.7 Å². The second-order valence-electron chi connectivity index (χ2n) is 3.82. The highest BCUT2D eigenvalue weighted by Gasteiger charge is 2.29. The molecular formula is C14H8ClNO2. The lowest BCUT2D eigenvalue weighted by Crippen LogP contribution is -2.11. The number of ether oxygens (including phenoxy) is 1. The van der Waals surface area contributed by atoms with Gasteiger partial charge in [0.05, 0.1) is 11.3 Å². The minimum atomic E-state index is -0.239. The molecule has 3 rings (SSSR count). The number of halogens is 1. The number of para-hydroxylation sites is 1. The number of aliphatic imine (C=N–C) groups is 1. The van der Waals surface area contributed by atoms with Gasteiger partial charge >= 0.3 is 0 Å². The van der Waals surface area contributed by atoms with Crippen LogP contribution in [0.2, 0.25) is 5.02 Å². The van der Waals surface area contributed by atoms with Gasteiger partial charge in [-0.25, -0.2) is 4.99 Å². The molecule has 0 atom stereocenters. The van der Waals surface area contributed by atoms with Gasteiger partial charge in [-0.15, -0.1) is 0 Å². The van der Waals surface area contributed by atoms with Crippen molar-refractivity contribution in [2.45, 2.75) is 0 Å². The van der Waals surface area contributed by atoms with Gasteiger partial charge in [0.1, 0.15) is 5.75 Å². The standard InChI is InChI=1S/C14H8ClNO2/c15-9-6-7-12-11(8-9)13(17)14(18-12)16-10-4-2-1-3-5-10/h1-8H. The Bertz CT molecular complexity index is 650. The molecule has 1 aliphatic heterocycles. The van der Waals surface area contributed by atoms with Crippen LogP contribution in [0.25, 0.3) is 0 Å². The quantitative estimate of drug-likeness (QED) is 0.782. The fourth-order valence-electron chi connectivity index (χ4n) is 1.73. The molecule has 4 heteroatoms. The van der Waals surface area contributed by atoms with E-state index in [1.165, 1.54) is 0 Å². The second-order valence-corrected chi connectivity index (χ2v) is 4.26. The van der Waals surface area contributed by atoms with Crippen LogP contribution >= 0.6 is 11.6 Å². The van der Waals surface area contributed by atoms with Crippen LogP contribution in [-0.2, 0) is 0 Å². The van der Waals surface area contributed by atoms with Crippen LogP contribution < -0.4 is 4.74 Å². The van der Waals surface area contributed by atoms with Gasteiger partial charge in [0.2, 0.25) is 0 Å². The van der Waals surface area contributed by atoms with E-state index in [2.05, 4.69) is 4.99 Å². The molecule has 88 valence electrons. The summed E-state index contributed by atoms with van der Waals surface area (Å²) < 4.78 is 5.42. The molecule has 2 aromatic carbocycles. The predicted molar refractivity (Wildman–Crippen MR) is 69.9 cm³/mol. The number of ketones is 1. The third-order valence-corrected chi connectivity index (χ3v) is 2.81. The van der Waals surface area contributed by atoms with Crippen molar-refractivity contribution in [3.8, 4) is 5.75 Å². The number of hydrogen-bond donors (Lipinski definition) is 0. The van der Waals surface area contributed by atoms with Crippen molar-refractivity contribution in [3.05, 3.63) is 59.1 Å². The van der Waals surface area contributed by atoms with Crippen LogP contribution in [0, 0.1) is 0 Å². The maximum atomic E-state index is 12.0. The maximum absolute atomic E-state index is 12.0. The number of rotatable bonds is 1. The monoisotopic (exact) mass is 257 g/mol. The Labute approximate surface area is 109 Å². The molecule has 2 aromatic rings. The maximum Gasteiger partial charge on any atom is 0.269 e. The van der Waals surface area contributed by atoms with Gasteiger partial charge in [-0.2, -0.15) is 0 Å². The third kappa shape index (κ3) is 1.89. The van der Waals surface area contributed by atoms with Crippen molar-refractivity contribution in [1.29, 1.82) is 0 Å². The van der Waals surface area contributed by atoms with Gasteiger partial charge in [0.15, 0.2) is 0 Å². The zero-order valence-corrected chi connectivity index (χ0v) is 10.0. The average molecular weight is 258 g/mol. The van der Waals surface area contributed by atoms with E-state index < -0.39 is 0 Å². The summed E-state index contributed by atoms with van der Waals surface area (Å²) >= 11 is 5.85. The first-order valence-electron chi connectivity index (χ1n) is 5.40. The Hall–Kier alpha value is -2.13. The van der Waals surface area contributed by atoms with Crippen LogP contribution in [0.3, 0.4) is 0 Å². The number of carbonyl (C=O) groups is 1. The summed E-state index contributed by atoms with van der Waals surface area (Å²) in [6, 6.07) is 14.1.